The van der Waals surface area contributed by atoms with Gasteiger partial charge in [0.1, 0.15) is 0 Å². The van der Waals surface area contributed by atoms with Gasteiger partial charge in [-0.2, -0.15) is 0 Å². The van der Waals surface area contributed by atoms with Crippen molar-refractivity contribution in [1.82, 2.24) is 5.32 Å². The van der Waals surface area contributed by atoms with E-state index in [1.807, 2.05) is 0 Å². The topological polar surface area (TPSA) is 12.0 Å². The fourth-order valence-electron chi connectivity index (χ4n) is 2.39. The summed E-state index contributed by atoms with van der Waals surface area (Å²) in [6.45, 7) is 3.29. The molecule has 2 aromatic carbocycles. The average Bonchev–Trinajstić information content (AvgIpc) is 3.20. The predicted octanol–water partition coefficient (Wildman–Crippen LogP) is 3.73. The molecule has 1 heteroatoms. The molecule has 0 aliphatic heterocycles. The molecule has 1 aliphatic carbocycles. The van der Waals surface area contributed by atoms with Crippen molar-refractivity contribution in [2.45, 2.75) is 32.4 Å². The summed E-state index contributed by atoms with van der Waals surface area (Å²) in [5.41, 5.74) is 1.39. The van der Waals surface area contributed by atoms with Gasteiger partial charge in [-0.3, -0.25) is 0 Å². The van der Waals surface area contributed by atoms with E-state index < -0.39 is 0 Å². The Kier molecular flexibility index (Phi) is 2.86. The Morgan fingerprint density at radius 2 is 1.88 bits per heavy atom. The van der Waals surface area contributed by atoms with Crippen LogP contribution in [0.2, 0.25) is 0 Å². The van der Waals surface area contributed by atoms with E-state index in [4.69, 9.17) is 0 Å². The van der Waals surface area contributed by atoms with Crippen LogP contribution in [-0.2, 0) is 6.54 Å². The maximum atomic E-state index is 3.63. The zero-order valence-electron chi connectivity index (χ0n) is 10.3. The van der Waals surface area contributed by atoms with Gasteiger partial charge in [0, 0.05) is 12.6 Å². The first-order chi connectivity index (χ1) is 8.33. The first-order valence-electron chi connectivity index (χ1n) is 6.54. The minimum atomic E-state index is 0.668. The van der Waals surface area contributed by atoms with Crippen molar-refractivity contribution in [2.24, 2.45) is 5.92 Å². The quantitative estimate of drug-likeness (QED) is 0.836. The highest BCUT2D eigenvalue weighted by atomic mass is 14.9. The molecule has 3 rings (SSSR count). The Labute approximate surface area is 103 Å². The van der Waals surface area contributed by atoms with E-state index >= 15 is 0 Å². The average molecular weight is 225 g/mol. The van der Waals surface area contributed by atoms with E-state index in [9.17, 15) is 0 Å². The van der Waals surface area contributed by atoms with Crippen LogP contribution in [0.5, 0.6) is 0 Å². The monoisotopic (exact) mass is 225 g/mol. The molecule has 1 N–H and O–H groups in total. The molecule has 88 valence electrons. The molecule has 1 aliphatic rings. The van der Waals surface area contributed by atoms with Crippen LogP contribution in [0.15, 0.2) is 42.5 Å². The fourth-order valence-corrected chi connectivity index (χ4v) is 2.39. The molecule has 2 aromatic rings. The second-order valence-electron chi connectivity index (χ2n) is 5.19. The molecule has 1 nitrogen and oxygen atoms in total. The molecule has 0 amide bonds. The maximum absolute atomic E-state index is 3.63. The molecule has 0 bridgehead atoms. The normalized spacial score (nSPS) is 17.2. The summed E-state index contributed by atoms with van der Waals surface area (Å²) in [5, 5.41) is 6.29. The Morgan fingerprint density at radius 3 is 2.65 bits per heavy atom. The summed E-state index contributed by atoms with van der Waals surface area (Å²) in [5.74, 6) is 0.926. The molecule has 0 aromatic heterocycles. The van der Waals surface area contributed by atoms with Gasteiger partial charge >= 0.3 is 0 Å². The third-order valence-corrected chi connectivity index (χ3v) is 3.77. The standard InChI is InChI=1S/C16H19N/c1-12(14-8-9-14)17-11-13-6-7-15-4-2-3-5-16(15)10-13/h2-7,10,12,14,17H,8-9,11H2,1H3. The zero-order valence-corrected chi connectivity index (χ0v) is 10.3. The molecule has 1 saturated carbocycles. The lowest BCUT2D eigenvalue weighted by Crippen LogP contribution is -2.27. The largest absolute Gasteiger partial charge is 0.310 e. The maximum Gasteiger partial charge on any atom is 0.0208 e. The molecule has 0 saturated heterocycles. The van der Waals surface area contributed by atoms with Crippen LogP contribution in [0.25, 0.3) is 10.8 Å². The van der Waals surface area contributed by atoms with Crippen LogP contribution < -0.4 is 5.32 Å². The van der Waals surface area contributed by atoms with Gasteiger partial charge < -0.3 is 5.32 Å². The predicted molar refractivity (Wildman–Crippen MR) is 73.0 cm³/mol. The van der Waals surface area contributed by atoms with E-state index in [0.29, 0.717) is 6.04 Å². The van der Waals surface area contributed by atoms with Crippen LogP contribution in [0.4, 0.5) is 0 Å². The number of rotatable bonds is 4. The van der Waals surface area contributed by atoms with Gasteiger partial charge in [-0.1, -0.05) is 36.4 Å². The Morgan fingerprint density at radius 1 is 1.12 bits per heavy atom. The third-order valence-electron chi connectivity index (χ3n) is 3.77. The Balaban J connectivity index is 1.71. The van der Waals surface area contributed by atoms with E-state index in [1.165, 1.54) is 29.2 Å². The number of hydrogen-bond acceptors (Lipinski definition) is 1. The summed E-state index contributed by atoms with van der Waals surface area (Å²) >= 11 is 0. The Hall–Kier alpha value is -1.34. The lowest BCUT2D eigenvalue weighted by Gasteiger charge is -2.12. The highest BCUT2D eigenvalue weighted by Crippen LogP contribution is 2.32. The SMILES string of the molecule is CC(NCc1ccc2ccccc2c1)C1CC1. The van der Waals surface area contributed by atoms with Crippen LogP contribution >= 0.6 is 0 Å². The number of nitrogens with one attached hydrogen (secondary N) is 1. The molecule has 1 fully saturated rings. The van der Waals surface area contributed by atoms with Crippen molar-refractivity contribution in [3.05, 3.63) is 48.0 Å². The first-order valence-corrected chi connectivity index (χ1v) is 6.54. The van der Waals surface area contributed by atoms with Crippen LogP contribution in [0.1, 0.15) is 25.3 Å². The molecule has 0 heterocycles. The lowest BCUT2D eigenvalue weighted by molar-refractivity contribution is 0.496. The minimum absolute atomic E-state index is 0.668. The summed E-state index contributed by atoms with van der Waals surface area (Å²) in [7, 11) is 0. The number of hydrogen-bond donors (Lipinski definition) is 1. The smallest absolute Gasteiger partial charge is 0.0208 e. The van der Waals surface area contributed by atoms with Crippen molar-refractivity contribution < 1.29 is 0 Å². The van der Waals surface area contributed by atoms with Gasteiger partial charge in [0.25, 0.3) is 0 Å². The fraction of sp³-hybridized carbons (Fsp3) is 0.375. The van der Waals surface area contributed by atoms with Crippen molar-refractivity contribution >= 4 is 10.8 Å². The zero-order chi connectivity index (χ0) is 11.7. The van der Waals surface area contributed by atoms with Crippen molar-refractivity contribution in [3.63, 3.8) is 0 Å². The van der Waals surface area contributed by atoms with Gasteiger partial charge in [0.05, 0.1) is 0 Å². The molecular weight excluding hydrogens is 206 g/mol. The lowest BCUT2D eigenvalue weighted by atomic mass is 10.1. The molecule has 0 spiro atoms. The number of fused-ring (bicyclic) bond motifs is 1. The van der Waals surface area contributed by atoms with Gasteiger partial charge in [-0.25, -0.2) is 0 Å². The second-order valence-corrected chi connectivity index (χ2v) is 5.19. The molecule has 0 radical (unpaired) electrons. The van der Waals surface area contributed by atoms with Gasteiger partial charge in [-0.15, -0.1) is 0 Å². The van der Waals surface area contributed by atoms with Crippen LogP contribution in [-0.4, -0.2) is 6.04 Å². The number of benzene rings is 2. The first kappa shape index (κ1) is 10.8. The van der Waals surface area contributed by atoms with Crippen molar-refractivity contribution in [3.8, 4) is 0 Å². The van der Waals surface area contributed by atoms with Crippen molar-refractivity contribution in [2.75, 3.05) is 0 Å². The van der Waals surface area contributed by atoms with Gasteiger partial charge in [0.15, 0.2) is 0 Å². The summed E-state index contributed by atoms with van der Waals surface area (Å²) in [6, 6.07) is 16.0. The van der Waals surface area contributed by atoms with E-state index in [1.54, 1.807) is 0 Å². The van der Waals surface area contributed by atoms with Gasteiger partial charge in [0.2, 0.25) is 0 Å². The summed E-state index contributed by atoms with van der Waals surface area (Å²) in [4.78, 5) is 0. The Bertz CT molecular complexity index is 514. The highest BCUT2D eigenvalue weighted by Gasteiger charge is 2.27. The molecule has 1 atom stereocenters. The minimum Gasteiger partial charge on any atom is -0.310 e. The second kappa shape index (κ2) is 4.50. The highest BCUT2D eigenvalue weighted by molar-refractivity contribution is 5.82. The third kappa shape index (κ3) is 2.50. The molecular formula is C16H19N. The molecule has 1 unspecified atom stereocenters. The van der Waals surface area contributed by atoms with E-state index in [2.05, 4.69) is 54.7 Å². The van der Waals surface area contributed by atoms with E-state index in [0.717, 1.165) is 12.5 Å². The molecule has 17 heavy (non-hydrogen) atoms. The van der Waals surface area contributed by atoms with E-state index in [-0.39, 0.29) is 0 Å². The summed E-state index contributed by atoms with van der Waals surface area (Å²) < 4.78 is 0. The summed E-state index contributed by atoms with van der Waals surface area (Å²) in [6.07, 6.45) is 2.82. The van der Waals surface area contributed by atoms with Crippen LogP contribution in [0, 0.1) is 5.92 Å². The van der Waals surface area contributed by atoms with Crippen LogP contribution in [0.3, 0.4) is 0 Å². The van der Waals surface area contributed by atoms with Gasteiger partial charge in [-0.05, 0) is 48.1 Å². The van der Waals surface area contributed by atoms with Crippen molar-refractivity contribution in [1.29, 1.82) is 0 Å².